The van der Waals surface area contributed by atoms with Gasteiger partial charge in [0.2, 0.25) is 5.91 Å². The molecule has 0 aliphatic carbocycles. The lowest BCUT2D eigenvalue weighted by Crippen LogP contribution is -2.39. The lowest BCUT2D eigenvalue weighted by molar-refractivity contribution is -0.131. The van der Waals surface area contributed by atoms with Crippen LogP contribution in [0.2, 0.25) is 0 Å². The SMILES string of the molecule is O=C1CN(C(=O)c2cnccn2)CC(O)CN1Cc1ccccc1. The van der Waals surface area contributed by atoms with Crippen LogP contribution in [-0.2, 0) is 11.3 Å². The second-order valence-corrected chi connectivity index (χ2v) is 5.69. The van der Waals surface area contributed by atoms with E-state index in [-0.39, 0.29) is 31.2 Å². The van der Waals surface area contributed by atoms with E-state index in [1.54, 1.807) is 4.90 Å². The van der Waals surface area contributed by atoms with Crippen LogP contribution >= 0.6 is 0 Å². The third kappa shape index (κ3) is 3.75. The molecule has 1 aliphatic rings. The summed E-state index contributed by atoms with van der Waals surface area (Å²) in [6.45, 7) is 0.605. The van der Waals surface area contributed by atoms with Crippen molar-refractivity contribution in [2.24, 2.45) is 0 Å². The molecule has 0 radical (unpaired) electrons. The third-order valence-corrected chi connectivity index (χ3v) is 3.83. The van der Waals surface area contributed by atoms with Crippen LogP contribution in [0.3, 0.4) is 0 Å². The zero-order valence-electron chi connectivity index (χ0n) is 13.1. The number of rotatable bonds is 3. The highest BCUT2D eigenvalue weighted by Gasteiger charge is 2.30. The van der Waals surface area contributed by atoms with Crippen molar-refractivity contribution < 1.29 is 14.7 Å². The molecule has 1 aliphatic heterocycles. The maximum absolute atomic E-state index is 12.5. The average Bonchev–Trinajstić information content (AvgIpc) is 2.74. The van der Waals surface area contributed by atoms with Gasteiger partial charge in [0, 0.05) is 32.0 Å². The van der Waals surface area contributed by atoms with Crippen molar-refractivity contribution in [3.8, 4) is 0 Å². The Labute approximate surface area is 139 Å². The van der Waals surface area contributed by atoms with Gasteiger partial charge in [0.1, 0.15) is 12.2 Å². The van der Waals surface area contributed by atoms with Crippen molar-refractivity contribution in [1.82, 2.24) is 19.8 Å². The Morgan fingerprint density at radius 3 is 2.71 bits per heavy atom. The fourth-order valence-electron chi connectivity index (χ4n) is 2.68. The smallest absolute Gasteiger partial charge is 0.274 e. The van der Waals surface area contributed by atoms with E-state index in [9.17, 15) is 14.7 Å². The predicted octanol–water partition coefficient (Wildman–Crippen LogP) is 0.322. The van der Waals surface area contributed by atoms with Gasteiger partial charge in [0.15, 0.2) is 0 Å². The normalized spacial score (nSPS) is 18.4. The van der Waals surface area contributed by atoms with Gasteiger partial charge in [0.25, 0.3) is 5.91 Å². The van der Waals surface area contributed by atoms with Crippen molar-refractivity contribution in [3.63, 3.8) is 0 Å². The molecule has 2 amide bonds. The molecular weight excluding hydrogens is 308 g/mol. The Balaban J connectivity index is 1.73. The minimum absolute atomic E-state index is 0.0840. The van der Waals surface area contributed by atoms with Gasteiger partial charge in [0.05, 0.1) is 12.3 Å². The molecule has 1 aromatic heterocycles. The molecule has 24 heavy (non-hydrogen) atoms. The molecule has 1 atom stereocenters. The van der Waals surface area contributed by atoms with Gasteiger partial charge >= 0.3 is 0 Å². The van der Waals surface area contributed by atoms with Gasteiger partial charge in [-0.15, -0.1) is 0 Å². The number of aliphatic hydroxyl groups excluding tert-OH is 1. The van der Waals surface area contributed by atoms with E-state index in [1.807, 2.05) is 30.3 Å². The molecule has 0 bridgehead atoms. The zero-order valence-corrected chi connectivity index (χ0v) is 13.1. The summed E-state index contributed by atoms with van der Waals surface area (Å²) >= 11 is 0. The van der Waals surface area contributed by atoms with E-state index < -0.39 is 12.0 Å². The van der Waals surface area contributed by atoms with E-state index >= 15 is 0 Å². The number of β-amino-alcohol motifs (C(OH)–C–C–N with tert-alkyl or cyclic N) is 1. The van der Waals surface area contributed by atoms with Crippen molar-refractivity contribution in [2.45, 2.75) is 12.6 Å². The highest BCUT2D eigenvalue weighted by molar-refractivity contribution is 5.94. The Kier molecular flexibility index (Phi) is 4.81. The van der Waals surface area contributed by atoms with Crippen LogP contribution in [0.25, 0.3) is 0 Å². The van der Waals surface area contributed by atoms with Crippen molar-refractivity contribution in [2.75, 3.05) is 19.6 Å². The van der Waals surface area contributed by atoms with E-state index in [2.05, 4.69) is 9.97 Å². The topological polar surface area (TPSA) is 86.6 Å². The Morgan fingerprint density at radius 2 is 2.00 bits per heavy atom. The third-order valence-electron chi connectivity index (χ3n) is 3.83. The summed E-state index contributed by atoms with van der Waals surface area (Å²) < 4.78 is 0. The molecule has 124 valence electrons. The predicted molar refractivity (Wildman–Crippen MR) is 85.8 cm³/mol. The van der Waals surface area contributed by atoms with Crippen LogP contribution in [0.15, 0.2) is 48.9 Å². The largest absolute Gasteiger partial charge is 0.389 e. The van der Waals surface area contributed by atoms with Gasteiger partial charge in [-0.3, -0.25) is 14.6 Å². The molecule has 7 heteroatoms. The van der Waals surface area contributed by atoms with Crippen LogP contribution in [-0.4, -0.2) is 62.4 Å². The Bertz CT molecular complexity index is 708. The summed E-state index contributed by atoms with van der Waals surface area (Å²) in [7, 11) is 0. The number of hydrogen-bond donors (Lipinski definition) is 1. The first-order valence-corrected chi connectivity index (χ1v) is 7.68. The number of aliphatic hydroxyl groups is 1. The quantitative estimate of drug-likeness (QED) is 0.878. The highest BCUT2D eigenvalue weighted by atomic mass is 16.3. The van der Waals surface area contributed by atoms with Crippen LogP contribution in [0.5, 0.6) is 0 Å². The van der Waals surface area contributed by atoms with E-state index in [0.29, 0.717) is 6.54 Å². The van der Waals surface area contributed by atoms with Crippen molar-refractivity contribution >= 4 is 11.8 Å². The summed E-state index contributed by atoms with van der Waals surface area (Å²) in [4.78, 5) is 35.7. The zero-order chi connectivity index (χ0) is 16.9. The monoisotopic (exact) mass is 326 g/mol. The molecule has 1 saturated heterocycles. The molecule has 1 unspecified atom stereocenters. The number of carbonyl (C=O) groups is 2. The molecule has 1 N–H and O–H groups in total. The van der Waals surface area contributed by atoms with Crippen molar-refractivity contribution in [3.05, 3.63) is 60.2 Å². The first-order valence-electron chi connectivity index (χ1n) is 7.68. The lowest BCUT2D eigenvalue weighted by Gasteiger charge is -2.21. The molecule has 1 aromatic carbocycles. The maximum atomic E-state index is 12.5. The fourth-order valence-corrected chi connectivity index (χ4v) is 2.68. The minimum Gasteiger partial charge on any atom is -0.389 e. The minimum atomic E-state index is -0.805. The van der Waals surface area contributed by atoms with Gasteiger partial charge in [-0.1, -0.05) is 30.3 Å². The van der Waals surface area contributed by atoms with Crippen molar-refractivity contribution in [1.29, 1.82) is 0 Å². The number of benzene rings is 1. The van der Waals surface area contributed by atoms with Crippen LogP contribution in [0, 0.1) is 0 Å². The summed E-state index contributed by atoms with van der Waals surface area (Å²) in [5.74, 6) is -0.607. The molecule has 0 spiro atoms. The fraction of sp³-hybridized carbons (Fsp3) is 0.294. The van der Waals surface area contributed by atoms with Crippen LogP contribution in [0.1, 0.15) is 16.1 Å². The standard InChI is InChI=1S/C17H18N4O3/c22-14-10-20(9-13-4-2-1-3-5-13)16(23)12-21(11-14)17(24)15-8-18-6-7-19-15/h1-8,14,22H,9-12H2. The molecule has 2 heterocycles. The van der Waals surface area contributed by atoms with E-state index in [1.165, 1.54) is 23.5 Å². The van der Waals surface area contributed by atoms with Crippen LogP contribution < -0.4 is 0 Å². The second-order valence-electron chi connectivity index (χ2n) is 5.69. The molecule has 1 fully saturated rings. The van der Waals surface area contributed by atoms with Gasteiger partial charge in [-0.05, 0) is 5.56 Å². The molecule has 7 nitrogen and oxygen atoms in total. The molecule has 2 aromatic rings. The summed E-state index contributed by atoms with van der Waals surface area (Å²) in [5.41, 5.74) is 1.14. The van der Waals surface area contributed by atoms with Gasteiger partial charge < -0.3 is 14.9 Å². The number of hydrogen-bond acceptors (Lipinski definition) is 5. The highest BCUT2D eigenvalue weighted by Crippen LogP contribution is 2.12. The first kappa shape index (κ1) is 16.1. The summed E-state index contributed by atoms with van der Waals surface area (Å²) in [6.07, 6.45) is 3.44. The molecule has 0 saturated carbocycles. The second kappa shape index (κ2) is 7.18. The first-order chi connectivity index (χ1) is 11.6. The lowest BCUT2D eigenvalue weighted by atomic mass is 10.2. The summed E-state index contributed by atoms with van der Waals surface area (Å²) in [5, 5.41) is 10.2. The number of aromatic nitrogens is 2. The van der Waals surface area contributed by atoms with E-state index in [4.69, 9.17) is 0 Å². The Morgan fingerprint density at radius 1 is 1.21 bits per heavy atom. The van der Waals surface area contributed by atoms with Gasteiger partial charge in [-0.2, -0.15) is 0 Å². The molecule has 3 rings (SSSR count). The number of nitrogens with zero attached hydrogens (tertiary/aromatic N) is 4. The van der Waals surface area contributed by atoms with Crippen LogP contribution in [0.4, 0.5) is 0 Å². The maximum Gasteiger partial charge on any atom is 0.274 e. The number of carbonyl (C=O) groups excluding carboxylic acids is 2. The molecular formula is C17H18N4O3. The van der Waals surface area contributed by atoms with Gasteiger partial charge in [-0.25, -0.2) is 4.98 Å². The average molecular weight is 326 g/mol. The number of amides is 2. The van der Waals surface area contributed by atoms with E-state index in [0.717, 1.165) is 5.56 Å². The Hall–Kier alpha value is -2.80. The summed E-state index contributed by atoms with van der Waals surface area (Å²) in [6, 6.07) is 9.56.